The Hall–Kier alpha value is -1.95. The Balaban J connectivity index is 2.00. The van der Waals surface area contributed by atoms with E-state index in [0.29, 0.717) is 19.6 Å². The number of halogens is 2. The Bertz CT molecular complexity index is 638. The van der Waals surface area contributed by atoms with Gasteiger partial charge in [-0.05, 0) is 29.4 Å². The average molecular weight is 367 g/mol. The summed E-state index contributed by atoms with van der Waals surface area (Å²) in [7, 11) is 0. The maximum absolute atomic E-state index is 15.0. The molecule has 1 N–H and O–H groups in total. The summed E-state index contributed by atoms with van der Waals surface area (Å²) >= 11 is 0. The first-order valence-corrected chi connectivity index (χ1v) is 8.82. The predicted octanol–water partition coefficient (Wildman–Crippen LogP) is 4.95. The molecule has 1 unspecified atom stereocenters. The number of carboxylic acid groups (broad SMARTS) is 1. The minimum absolute atomic E-state index is 0.0123. The van der Waals surface area contributed by atoms with Gasteiger partial charge in [0.2, 0.25) is 0 Å². The Labute approximate surface area is 153 Å². The van der Waals surface area contributed by atoms with Gasteiger partial charge < -0.3 is 9.84 Å². The van der Waals surface area contributed by atoms with Crippen molar-refractivity contribution >= 4 is 6.09 Å². The molecule has 1 saturated heterocycles. The molecule has 2 rings (SSSR count). The zero-order valence-corrected chi connectivity index (χ0v) is 15.5. The van der Waals surface area contributed by atoms with Crippen molar-refractivity contribution in [3.63, 3.8) is 0 Å². The van der Waals surface area contributed by atoms with E-state index in [0.717, 1.165) is 10.5 Å². The third-order valence-electron chi connectivity index (χ3n) is 4.54. The fourth-order valence-corrected chi connectivity index (χ4v) is 3.44. The van der Waals surface area contributed by atoms with Gasteiger partial charge in [-0.15, -0.1) is 0 Å². The van der Waals surface area contributed by atoms with Crippen LogP contribution in [-0.2, 0) is 11.3 Å². The molecule has 1 heterocycles. The highest BCUT2D eigenvalue weighted by Crippen LogP contribution is 2.45. The number of carbonyl (C=O) groups is 1. The Morgan fingerprint density at radius 3 is 2.58 bits per heavy atom. The van der Waals surface area contributed by atoms with Crippen molar-refractivity contribution in [1.82, 2.24) is 4.90 Å². The van der Waals surface area contributed by atoms with Gasteiger partial charge in [-0.25, -0.2) is 4.79 Å². The zero-order chi connectivity index (χ0) is 19.4. The first-order chi connectivity index (χ1) is 12.1. The van der Waals surface area contributed by atoms with Crippen molar-refractivity contribution in [1.29, 1.82) is 0 Å². The van der Waals surface area contributed by atoms with E-state index >= 15 is 0 Å². The van der Waals surface area contributed by atoms with Crippen LogP contribution in [0.15, 0.2) is 42.0 Å². The van der Waals surface area contributed by atoms with Crippen molar-refractivity contribution in [3.8, 4) is 0 Å². The van der Waals surface area contributed by atoms with E-state index in [1.165, 1.54) is 6.08 Å². The van der Waals surface area contributed by atoms with E-state index in [1.807, 2.05) is 30.3 Å². The summed E-state index contributed by atoms with van der Waals surface area (Å²) in [6.45, 7) is 5.81. The molecule has 6 heteroatoms. The fourth-order valence-electron chi connectivity index (χ4n) is 3.44. The average Bonchev–Trinajstić information content (AvgIpc) is 2.54. The summed E-state index contributed by atoms with van der Waals surface area (Å²) in [5.41, 5.74) is 0.178. The molecule has 1 atom stereocenters. The lowest BCUT2D eigenvalue weighted by Gasteiger charge is -2.47. The van der Waals surface area contributed by atoms with Gasteiger partial charge in [-0.1, -0.05) is 57.2 Å². The topological polar surface area (TPSA) is 49.8 Å². The van der Waals surface area contributed by atoms with Crippen molar-refractivity contribution < 1.29 is 23.4 Å². The molecule has 0 radical (unpaired) electrons. The molecular formula is C20H27F2NO3. The van der Waals surface area contributed by atoms with Crippen LogP contribution in [0.25, 0.3) is 0 Å². The van der Waals surface area contributed by atoms with E-state index in [2.05, 4.69) is 0 Å². The number of hydrogen-bond donors (Lipinski definition) is 1. The largest absolute Gasteiger partial charge is 0.465 e. The van der Waals surface area contributed by atoms with Gasteiger partial charge in [0.15, 0.2) is 0 Å². The molecule has 1 amide bonds. The molecule has 144 valence electrons. The second-order valence-corrected chi connectivity index (χ2v) is 7.67. The first kappa shape index (κ1) is 20.4. The minimum Gasteiger partial charge on any atom is -0.465 e. The van der Waals surface area contributed by atoms with Gasteiger partial charge in [0.05, 0.1) is 13.2 Å². The number of piperidine rings is 1. The summed E-state index contributed by atoms with van der Waals surface area (Å²) in [5, 5.41) is 9.30. The van der Waals surface area contributed by atoms with Crippen LogP contribution in [0, 0.1) is 5.41 Å². The molecule has 1 aliphatic heterocycles. The summed E-state index contributed by atoms with van der Waals surface area (Å²) < 4.78 is 35.5. The second-order valence-electron chi connectivity index (χ2n) is 7.67. The Morgan fingerprint density at radius 1 is 1.35 bits per heavy atom. The lowest BCUT2D eigenvalue weighted by Crippen LogP contribution is -2.60. The maximum Gasteiger partial charge on any atom is 0.407 e. The van der Waals surface area contributed by atoms with Crippen LogP contribution in [0.4, 0.5) is 13.6 Å². The SMILES string of the molecule is CC(C)(C)C1N(C(=O)O)CC/C(=C\CCOCc2ccccc2)C1(F)F. The molecule has 1 fully saturated rings. The van der Waals surface area contributed by atoms with Crippen molar-refractivity contribution in [2.45, 2.75) is 52.2 Å². The van der Waals surface area contributed by atoms with Crippen LogP contribution in [0.1, 0.15) is 39.2 Å². The summed E-state index contributed by atoms with van der Waals surface area (Å²) in [4.78, 5) is 12.3. The number of likely N-dealkylation sites (tertiary alicyclic amines) is 1. The maximum atomic E-state index is 15.0. The molecular weight excluding hydrogens is 340 g/mol. The lowest BCUT2D eigenvalue weighted by molar-refractivity contribution is -0.102. The highest BCUT2D eigenvalue weighted by atomic mass is 19.3. The van der Waals surface area contributed by atoms with Gasteiger partial charge >= 0.3 is 6.09 Å². The number of hydrogen-bond acceptors (Lipinski definition) is 2. The van der Waals surface area contributed by atoms with Crippen LogP contribution in [0.3, 0.4) is 0 Å². The van der Waals surface area contributed by atoms with Gasteiger partial charge in [0, 0.05) is 6.54 Å². The van der Waals surface area contributed by atoms with Crippen molar-refractivity contribution in [3.05, 3.63) is 47.5 Å². The molecule has 1 aliphatic rings. The molecule has 0 aromatic heterocycles. The van der Waals surface area contributed by atoms with E-state index in [4.69, 9.17) is 4.74 Å². The van der Waals surface area contributed by atoms with Gasteiger partial charge in [0.1, 0.15) is 6.04 Å². The molecule has 26 heavy (non-hydrogen) atoms. The van der Waals surface area contributed by atoms with Gasteiger partial charge in [-0.3, -0.25) is 4.90 Å². The summed E-state index contributed by atoms with van der Waals surface area (Å²) in [5.74, 6) is -3.19. The van der Waals surface area contributed by atoms with E-state index < -0.39 is 23.5 Å². The minimum atomic E-state index is -3.19. The molecule has 0 aliphatic carbocycles. The van der Waals surface area contributed by atoms with Crippen molar-refractivity contribution in [2.24, 2.45) is 5.41 Å². The lowest BCUT2D eigenvalue weighted by atomic mass is 9.76. The van der Waals surface area contributed by atoms with Gasteiger partial charge in [-0.2, -0.15) is 8.78 Å². The number of amides is 1. The molecule has 1 aromatic rings. The van der Waals surface area contributed by atoms with E-state index in [9.17, 15) is 18.7 Å². The normalized spacial score (nSPS) is 21.8. The number of nitrogens with zero attached hydrogens (tertiary/aromatic N) is 1. The van der Waals surface area contributed by atoms with Crippen LogP contribution in [0.5, 0.6) is 0 Å². The predicted molar refractivity (Wildman–Crippen MR) is 96.3 cm³/mol. The molecule has 4 nitrogen and oxygen atoms in total. The third kappa shape index (κ3) is 4.81. The molecule has 0 spiro atoms. The smallest absolute Gasteiger partial charge is 0.407 e. The second kappa shape index (κ2) is 8.16. The molecule has 0 saturated carbocycles. The number of benzene rings is 1. The number of alkyl halides is 2. The third-order valence-corrected chi connectivity index (χ3v) is 4.54. The first-order valence-electron chi connectivity index (χ1n) is 8.82. The van der Waals surface area contributed by atoms with Crippen LogP contribution in [-0.4, -0.2) is 41.2 Å². The van der Waals surface area contributed by atoms with Crippen LogP contribution < -0.4 is 0 Å². The quantitative estimate of drug-likeness (QED) is 0.591. The monoisotopic (exact) mass is 367 g/mol. The van der Waals surface area contributed by atoms with Crippen LogP contribution >= 0.6 is 0 Å². The fraction of sp³-hybridized carbons (Fsp3) is 0.550. The summed E-state index contributed by atoms with van der Waals surface area (Å²) in [6.07, 6.45) is 0.643. The van der Waals surface area contributed by atoms with Crippen molar-refractivity contribution in [2.75, 3.05) is 13.2 Å². The zero-order valence-electron chi connectivity index (χ0n) is 15.5. The standard InChI is InChI=1S/C20H27F2NO3/c1-19(2,3)17-20(21,22)16(11-12-23(17)18(24)25)10-7-13-26-14-15-8-5-4-6-9-15/h4-6,8-10,17H,7,11-14H2,1-3H3,(H,24,25)/b16-10+. The van der Waals surface area contributed by atoms with Gasteiger partial charge in [0.25, 0.3) is 5.92 Å². The highest BCUT2D eigenvalue weighted by Gasteiger charge is 2.55. The molecule has 1 aromatic carbocycles. The highest BCUT2D eigenvalue weighted by molar-refractivity contribution is 5.66. The van der Waals surface area contributed by atoms with E-state index in [-0.39, 0.29) is 18.5 Å². The number of ether oxygens (including phenoxy) is 1. The van der Waals surface area contributed by atoms with Crippen LogP contribution in [0.2, 0.25) is 0 Å². The Kier molecular flexibility index (Phi) is 6.39. The Morgan fingerprint density at radius 2 is 2.00 bits per heavy atom. The number of rotatable bonds is 5. The molecule has 0 bridgehead atoms. The summed E-state index contributed by atoms with van der Waals surface area (Å²) in [6, 6.07) is 8.28. The van der Waals surface area contributed by atoms with E-state index in [1.54, 1.807) is 20.8 Å².